The maximum atomic E-state index is 11.1. The summed E-state index contributed by atoms with van der Waals surface area (Å²) in [5.41, 5.74) is -0.0114. The zero-order valence-corrected chi connectivity index (χ0v) is 9.59. The molecule has 0 saturated heterocycles. The second kappa shape index (κ2) is 5.28. The van der Waals surface area contributed by atoms with E-state index in [4.69, 9.17) is 5.11 Å². The molecule has 0 saturated carbocycles. The highest BCUT2D eigenvalue weighted by atomic mass is 32.1. The summed E-state index contributed by atoms with van der Waals surface area (Å²) in [5.74, 6) is 3.34. The predicted octanol–water partition coefficient (Wildman–Crippen LogP) is 1.04. The second-order valence-corrected chi connectivity index (χ2v) is 3.84. The minimum Gasteiger partial charge on any atom is -0.476 e. The van der Waals surface area contributed by atoms with Crippen LogP contribution in [0.15, 0.2) is 5.38 Å². The largest absolute Gasteiger partial charge is 0.476 e. The minimum absolute atomic E-state index is 0.0114. The molecule has 1 atom stereocenters. The number of aromatic carboxylic acids is 1. The summed E-state index contributed by atoms with van der Waals surface area (Å²) in [6.45, 7) is 3.29. The molecule has 0 spiro atoms. The van der Waals surface area contributed by atoms with Crippen molar-refractivity contribution in [3.8, 4) is 11.8 Å². The number of carboxylic acid groups (broad SMARTS) is 1. The van der Waals surface area contributed by atoms with Gasteiger partial charge in [-0.1, -0.05) is 5.92 Å². The molecule has 1 unspecified atom stereocenters. The van der Waals surface area contributed by atoms with Crippen LogP contribution in [0.25, 0.3) is 0 Å². The summed E-state index contributed by atoms with van der Waals surface area (Å²) in [7, 11) is 0. The summed E-state index contributed by atoms with van der Waals surface area (Å²) in [5, 5.41) is 13.3. The van der Waals surface area contributed by atoms with Gasteiger partial charge in [0.15, 0.2) is 5.69 Å². The lowest BCUT2D eigenvalue weighted by Crippen LogP contribution is -2.25. The molecule has 16 heavy (non-hydrogen) atoms. The lowest BCUT2D eigenvalue weighted by atomic mass is 10.3. The van der Waals surface area contributed by atoms with Crippen molar-refractivity contribution < 1.29 is 14.7 Å². The van der Waals surface area contributed by atoms with Gasteiger partial charge in [0.1, 0.15) is 5.01 Å². The van der Waals surface area contributed by atoms with E-state index >= 15 is 0 Å². The Morgan fingerprint density at radius 1 is 1.62 bits per heavy atom. The molecule has 6 heteroatoms. The molecule has 0 bridgehead atoms. The van der Waals surface area contributed by atoms with Gasteiger partial charge in [-0.15, -0.1) is 11.3 Å². The van der Waals surface area contributed by atoms with Crippen molar-refractivity contribution >= 4 is 23.2 Å². The minimum atomic E-state index is -1.07. The molecule has 1 heterocycles. The van der Waals surface area contributed by atoms with Crippen LogP contribution >= 0.6 is 11.3 Å². The molecular formula is C10H10N2O3S. The van der Waals surface area contributed by atoms with Crippen LogP contribution in [-0.4, -0.2) is 22.0 Å². The fourth-order valence-corrected chi connectivity index (χ4v) is 1.79. The Morgan fingerprint density at radius 3 is 2.81 bits per heavy atom. The molecule has 0 aliphatic heterocycles. The average Bonchev–Trinajstić information content (AvgIpc) is 2.66. The van der Waals surface area contributed by atoms with Gasteiger partial charge >= 0.3 is 5.97 Å². The van der Waals surface area contributed by atoms with Crippen molar-refractivity contribution in [2.45, 2.75) is 19.9 Å². The smallest absolute Gasteiger partial charge is 0.355 e. The van der Waals surface area contributed by atoms with Gasteiger partial charge in [-0.05, 0) is 19.8 Å². The van der Waals surface area contributed by atoms with E-state index in [9.17, 15) is 9.59 Å². The first kappa shape index (κ1) is 12.2. The average molecular weight is 238 g/mol. The summed E-state index contributed by atoms with van der Waals surface area (Å²) < 4.78 is 0. The van der Waals surface area contributed by atoms with Crippen molar-refractivity contribution in [1.82, 2.24) is 10.3 Å². The fourth-order valence-electron chi connectivity index (χ4n) is 0.993. The first-order chi connectivity index (χ1) is 7.54. The van der Waals surface area contributed by atoms with E-state index in [1.54, 1.807) is 13.8 Å². The molecule has 84 valence electrons. The standard InChI is InChI=1S/C10H10N2O3S/c1-3-4-8(13)11-6(2)9-12-7(5-16-9)10(14)15/h5-6H,1-2H3,(H,11,13)(H,14,15). The van der Waals surface area contributed by atoms with Crippen molar-refractivity contribution in [2.75, 3.05) is 0 Å². The number of hydrogen-bond donors (Lipinski definition) is 2. The molecule has 0 radical (unpaired) electrons. The lowest BCUT2D eigenvalue weighted by Gasteiger charge is -2.07. The summed E-state index contributed by atoms with van der Waals surface area (Å²) in [4.78, 5) is 25.6. The monoisotopic (exact) mass is 238 g/mol. The van der Waals surface area contributed by atoms with Gasteiger partial charge in [-0.3, -0.25) is 4.79 Å². The van der Waals surface area contributed by atoms with E-state index in [0.29, 0.717) is 5.01 Å². The van der Waals surface area contributed by atoms with Gasteiger partial charge in [0.05, 0.1) is 6.04 Å². The van der Waals surface area contributed by atoms with Crippen LogP contribution in [0.5, 0.6) is 0 Å². The van der Waals surface area contributed by atoms with Crippen LogP contribution in [0.3, 0.4) is 0 Å². The Bertz CT molecular complexity index is 470. The lowest BCUT2D eigenvalue weighted by molar-refractivity contribution is -0.116. The number of nitrogens with zero attached hydrogens (tertiary/aromatic N) is 1. The van der Waals surface area contributed by atoms with E-state index in [1.807, 2.05) is 0 Å². The third kappa shape index (κ3) is 3.07. The second-order valence-electron chi connectivity index (χ2n) is 2.95. The van der Waals surface area contributed by atoms with Crippen LogP contribution in [0.1, 0.15) is 35.4 Å². The van der Waals surface area contributed by atoms with Gasteiger partial charge in [0.2, 0.25) is 0 Å². The molecule has 1 amide bonds. The Hall–Kier alpha value is -1.87. The van der Waals surface area contributed by atoms with E-state index < -0.39 is 11.9 Å². The Kier molecular flexibility index (Phi) is 4.03. The van der Waals surface area contributed by atoms with E-state index in [-0.39, 0.29) is 11.7 Å². The summed E-state index contributed by atoms with van der Waals surface area (Å²) in [6, 6.07) is -0.341. The Morgan fingerprint density at radius 2 is 2.31 bits per heavy atom. The van der Waals surface area contributed by atoms with Crippen molar-refractivity contribution in [3.63, 3.8) is 0 Å². The first-order valence-corrected chi connectivity index (χ1v) is 5.34. The number of carbonyl (C=O) groups is 2. The summed E-state index contributed by atoms with van der Waals surface area (Å²) in [6.07, 6.45) is 0. The fraction of sp³-hybridized carbons (Fsp3) is 0.300. The molecule has 2 N–H and O–H groups in total. The molecular weight excluding hydrogens is 228 g/mol. The van der Waals surface area contributed by atoms with E-state index in [0.717, 1.165) is 0 Å². The van der Waals surface area contributed by atoms with Crippen LogP contribution in [0.4, 0.5) is 0 Å². The number of carbonyl (C=O) groups excluding carboxylic acids is 1. The van der Waals surface area contributed by atoms with Crippen LogP contribution in [0, 0.1) is 11.8 Å². The molecule has 0 aromatic carbocycles. The van der Waals surface area contributed by atoms with Crippen LogP contribution in [-0.2, 0) is 4.79 Å². The number of aromatic nitrogens is 1. The predicted molar refractivity (Wildman–Crippen MR) is 59.1 cm³/mol. The van der Waals surface area contributed by atoms with Crippen molar-refractivity contribution in [2.24, 2.45) is 0 Å². The first-order valence-electron chi connectivity index (χ1n) is 4.46. The SMILES string of the molecule is CC#CC(=O)NC(C)c1nc(C(=O)O)cs1. The third-order valence-corrected chi connectivity index (χ3v) is 2.73. The molecule has 0 aliphatic rings. The maximum absolute atomic E-state index is 11.1. The quantitative estimate of drug-likeness (QED) is 0.771. The van der Waals surface area contributed by atoms with E-state index in [1.165, 1.54) is 16.7 Å². The topological polar surface area (TPSA) is 79.3 Å². The van der Waals surface area contributed by atoms with Crippen molar-refractivity contribution in [3.05, 3.63) is 16.1 Å². The van der Waals surface area contributed by atoms with Gasteiger partial charge in [0, 0.05) is 5.38 Å². The zero-order chi connectivity index (χ0) is 12.1. The van der Waals surface area contributed by atoms with Crippen molar-refractivity contribution in [1.29, 1.82) is 0 Å². The summed E-state index contributed by atoms with van der Waals surface area (Å²) >= 11 is 1.19. The molecule has 0 fully saturated rings. The normalized spacial score (nSPS) is 11.1. The molecule has 1 aromatic rings. The van der Waals surface area contributed by atoms with Gasteiger partial charge in [-0.25, -0.2) is 9.78 Å². The van der Waals surface area contributed by atoms with Crippen LogP contribution in [0.2, 0.25) is 0 Å². The van der Waals surface area contributed by atoms with Crippen LogP contribution < -0.4 is 5.32 Å². The number of hydrogen-bond acceptors (Lipinski definition) is 4. The Labute approximate surface area is 96.5 Å². The number of thiazole rings is 1. The van der Waals surface area contributed by atoms with Gasteiger partial charge in [0.25, 0.3) is 5.91 Å². The number of nitrogens with one attached hydrogen (secondary N) is 1. The highest BCUT2D eigenvalue weighted by molar-refractivity contribution is 7.09. The molecule has 0 aliphatic carbocycles. The maximum Gasteiger partial charge on any atom is 0.355 e. The Balaban J connectivity index is 2.71. The number of carboxylic acids is 1. The van der Waals surface area contributed by atoms with E-state index in [2.05, 4.69) is 22.1 Å². The highest BCUT2D eigenvalue weighted by Gasteiger charge is 2.14. The number of rotatable bonds is 3. The third-order valence-electron chi connectivity index (χ3n) is 1.70. The highest BCUT2D eigenvalue weighted by Crippen LogP contribution is 2.17. The van der Waals surface area contributed by atoms with Gasteiger partial charge < -0.3 is 10.4 Å². The molecule has 5 nitrogen and oxygen atoms in total. The number of amides is 1. The van der Waals surface area contributed by atoms with Gasteiger partial charge in [-0.2, -0.15) is 0 Å². The zero-order valence-electron chi connectivity index (χ0n) is 8.77. The molecule has 1 rings (SSSR count). The molecule has 1 aromatic heterocycles.